The molecule has 2 aromatic carbocycles. The van der Waals surface area contributed by atoms with Gasteiger partial charge < -0.3 is 14.8 Å². The van der Waals surface area contributed by atoms with Crippen LogP contribution >= 0.6 is 0 Å². The average Bonchev–Trinajstić information content (AvgIpc) is 3.30. The molecule has 0 aliphatic carbocycles. The summed E-state index contributed by atoms with van der Waals surface area (Å²) in [4.78, 5) is 12.5. The number of hydrogen-bond donors (Lipinski definition) is 1. The molecule has 176 valence electrons. The Morgan fingerprint density at radius 1 is 1.12 bits per heavy atom. The van der Waals surface area contributed by atoms with E-state index in [1.165, 1.54) is 0 Å². The third kappa shape index (κ3) is 6.80. The standard InChI is InChI=1S/C27H30N4O3/c1-3-4-17-34-25-13-11-21(12-14-25)26-23(20-31(30-26)24-9-6-5-7-10-24)18-22(19-28)27(32)29-15-8-16-33-2/h5-7,9-14,18,20H,3-4,8,15-17H2,1-2H3,(H,29,32). The third-order valence-electron chi connectivity index (χ3n) is 5.13. The Bertz CT molecular complexity index is 1130. The highest BCUT2D eigenvalue weighted by Gasteiger charge is 2.15. The summed E-state index contributed by atoms with van der Waals surface area (Å²) >= 11 is 0. The number of rotatable bonds is 12. The van der Waals surface area contributed by atoms with Crippen LogP contribution in [0.25, 0.3) is 23.0 Å². The minimum absolute atomic E-state index is 0.0193. The van der Waals surface area contributed by atoms with Crippen LogP contribution < -0.4 is 10.1 Å². The average molecular weight is 459 g/mol. The van der Waals surface area contributed by atoms with Crippen molar-refractivity contribution in [2.45, 2.75) is 26.2 Å². The monoisotopic (exact) mass is 458 g/mol. The van der Waals surface area contributed by atoms with Gasteiger partial charge in [-0.25, -0.2) is 4.68 Å². The van der Waals surface area contributed by atoms with Gasteiger partial charge in [-0.05, 0) is 55.3 Å². The van der Waals surface area contributed by atoms with E-state index in [0.29, 0.717) is 37.4 Å². The molecule has 3 aromatic rings. The van der Waals surface area contributed by atoms with E-state index in [9.17, 15) is 10.1 Å². The smallest absolute Gasteiger partial charge is 0.261 e. The van der Waals surface area contributed by atoms with E-state index in [0.717, 1.165) is 29.8 Å². The van der Waals surface area contributed by atoms with E-state index in [1.54, 1.807) is 17.9 Å². The molecule has 1 aromatic heterocycles. The summed E-state index contributed by atoms with van der Waals surface area (Å²) in [7, 11) is 1.61. The van der Waals surface area contributed by atoms with Crippen LogP contribution in [0.5, 0.6) is 5.75 Å². The van der Waals surface area contributed by atoms with Crippen molar-refractivity contribution >= 4 is 12.0 Å². The molecule has 34 heavy (non-hydrogen) atoms. The molecule has 1 N–H and O–H groups in total. The van der Waals surface area contributed by atoms with Gasteiger partial charge in [0, 0.05) is 37.6 Å². The lowest BCUT2D eigenvalue weighted by atomic mass is 10.1. The fraction of sp³-hybridized carbons (Fsp3) is 0.296. The Morgan fingerprint density at radius 2 is 1.88 bits per heavy atom. The van der Waals surface area contributed by atoms with Crippen molar-refractivity contribution in [3.63, 3.8) is 0 Å². The van der Waals surface area contributed by atoms with Crippen LogP contribution in [0.3, 0.4) is 0 Å². The second kappa shape index (κ2) is 13.0. The predicted molar refractivity (Wildman–Crippen MR) is 132 cm³/mol. The van der Waals surface area contributed by atoms with Gasteiger partial charge in [-0.2, -0.15) is 10.4 Å². The highest BCUT2D eigenvalue weighted by molar-refractivity contribution is 6.02. The number of unbranched alkanes of at least 4 members (excludes halogenated alkanes) is 1. The van der Waals surface area contributed by atoms with Crippen molar-refractivity contribution in [3.8, 4) is 28.8 Å². The summed E-state index contributed by atoms with van der Waals surface area (Å²) in [5, 5.41) is 17.2. The topological polar surface area (TPSA) is 89.2 Å². The number of carbonyl (C=O) groups is 1. The lowest BCUT2D eigenvalue weighted by Crippen LogP contribution is -2.26. The Hall–Kier alpha value is -3.89. The van der Waals surface area contributed by atoms with Gasteiger partial charge in [0.05, 0.1) is 18.0 Å². The third-order valence-corrected chi connectivity index (χ3v) is 5.13. The molecule has 0 aliphatic rings. The van der Waals surface area contributed by atoms with Crippen LogP contribution in [0.2, 0.25) is 0 Å². The number of para-hydroxylation sites is 1. The van der Waals surface area contributed by atoms with Crippen molar-refractivity contribution in [1.29, 1.82) is 5.26 Å². The lowest BCUT2D eigenvalue weighted by molar-refractivity contribution is -0.117. The Labute approximate surface area is 200 Å². The molecule has 0 saturated carbocycles. The van der Waals surface area contributed by atoms with Gasteiger partial charge in [-0.3, -0.25) is 4.79 Å². The van der Waals surface area contributed by atoms with E-state index < -0.39 is 5.91 Å². The first-order valence-corrected chi connectivity index (χ1v) is 11.4. The number of hydrogen-bond acceptors (Lipinski definition) is 5. The molecule has 0 fully saturated rings. The molecular weight excluding hydrogens is 428 g/mol. The summed E-state index contributed by atoms with van der Waals surface area (Å²) in [6.07, 6.45) is 6.16. The number of nitrogens with zero attached hydrogens (tertiary/aromatic N) is 3. The zero-order valence-electron chi connectivity index (χ0n) is 19.7. The van der Waals surface area contributed by atoms with Gasteiger partial charge in [-0.15, -0.1) is 0 Å². The van der Waals surface area contributed by atoms with Gasteiger partial charge in [0.25, 0.3) is 5.91 Å². The number of aromatic nitrogens is 2. The number of nitrogens with one attached hydrogen (secondary N) is 1. The SMILES string of the molecule is CCCCOc1ccc(-c2nn(-c3ccccc3)cc2C=C(C#N)C(=O)NCCCOC)cc1. The van der Waals surface area contributed by atoms with Crippen LogP contribution in [-0.2, 0) is 9.53 Å². The van der Waals surface area contributed by atoms with Crippen LogP contribution in [0, 0.1) is 11.3 Å². The summed E-state index contributed by atoms with van der Waals surface area (Å²) in [5.41, 5.74) is 3.11. The van der Waals surface area contributed by atoms with E-state index in [4.69, 9.17) is 14.6 Å². The Balaban J connectivity index is 1.92. The largest absolute Gasteiger partial charge is 0.494 e. The maximum Gasteiger partial charge on any atom is 0.261 e. The minimum atomic E-state index is -0.420. The molecule has 0 saturated heterocycles. The molecular formula is C27H30N4O3. The molecule has 0 unspecified atom stereocenters. The molecule has 0 atom stereocenters. The van der Waals surface area contributed by atoms with Crippen LogP contribution in [0.1, 0.15) is 31.7 Å². The number of carbonyl (C=O) groups excluding carboxylic acids is 1. The van der Waals surface area contributed by atoms with Gasteiger partial charge in [0.1, 0.15) is 17.4 Å². The van der Waals surface area contributed by atoms with E-state index in [2.05, 4.69) is 12.2 Å². The molecule has 0 radical (unpaired) electrons. The van der Waals surface area contributed by atoms with E-state index in [-0.39, 0.29) is 5.57 Å². The molecule has 3 rings (SSSR count). The van der Waals surface area contributed by atoms with Crippen molar-refractivity contribution in [2.24, 2.45) is 0 Å². The van der Waals surface area contributed by atoms with Crippen molar-refractivity contribution < 1.29 is 14.3 Å². The van der Waals surface area contributed by atoms with Crippen LogP contribution in [-0.4, -0.2) is 42.6 Å². The van der Waals surface area contributed by atoms with Crippen molar-refractivity contribution in [1.82, 2.24) is 15.1 Å². The number of benzene rings is 2. The van der Waals surface area contributed by atoms with Gasteiger partial charge in [0.2, 0.25) is 0 Å². The number of methoxy groups -OCH3 is 1. The maximum absolute atomic E-state index is 12.5. The lowest BCUT2D eigenvalue weighted by Gasteiger charge is -2.06. The Morgan fingerprint density at radius 3 is 2.56 bits per heavy atom. The first-order chi connectivity index (χ1) is 16.7. The molecule has 7 nitrogen and oxygen atoms in total. The predicted octanol–water partition coefficient (Wildman–Crippen LogP) is 4.78. The zero-order valence-corrected chi connectivity index (χ0v) is 19.7. The van der Waals surface area contributed by atoms with E-state index in [1.807, 2.05) is 66.9 Å². The van der Waals surface area contributed by atoms with E-state index >= 15 is 0 Å². The normalized spacial score (nSPS) is 11.1. The fourth-order valence-electron chi connectivity index (χ4n) is 3.29. The molecule has 0 aliphatic heterocycles. The first-order valence-electron chi connectivity index (χ1n) is 11.4. The summed E-state index contributed by atoms with van der Waals surface area (Å²) < 4.78 is 12.5. The first kappa shape index (κ1) is 24.7. The highest BCUT2D eigenvalue weighted by Crippen LogP contribution is 2.27. The molecule has 0 bridgehead atoms. The van der Waals surface area contributed by atoms with Crippen molar-refractivity contribution in [2.75, 3.05) is 26.9 Å². The summed E-state index contributed by atoms with van der Waals surface area (Å²) in [6, 6.07) is 19.4. The summed E-state index contributed by atoms with van der Waals surface area (Å²) in [5.74, 6) is 0.377. The number of ether oxygens (including phenoxy) is 2. The second-order valence-corrected chi connectivity index (χ2v) is 7.71. The summed E-state index contributed by atoms with van der Waals surface area (Å²) in [6.45, 7) is 3.77. The maximum atomic E-state index is 12.5. The second-order valence-electron chi connectivity index (χ2n) is 7.71. The zero-order chi connectivity index (χ0) is 24.2. The van der Waals surface area contributed by atoms with Gasteiger partial charge in [0.15, 0.2) is 0 Å². The van der Waals surface area contributed by atoms with Gasteiger partial charge >= 0.3 is 0 Å². The molecule has 0 spiro atoms. The quantitative estimate of drug-likeness (QED) is 0.240. The highest BCUT2D eigenvalue weighted by atomic mass is 16.5. The van der Waals surface area contributed by atoms with Crippen molar-refractivity contribution in [3.05, 3.63) is 71.9 Å². The molecule has 7 heteroatoms. The minimum Gasteiger partial charge on any atom is -0.494 e. The molecule has 1 heterocycles. The number of nitriles is 1. The Kier molecular flexibility index (Phi) is 9.44. The molecule has 1 amide bonds. The van der Waals surface area contributed by atoms with Gasteiger partial charge in [-0.1, -0.05) is 31.5 Å². The van der Waals surface area contributed by atoms with Crippen LogP contribution in [0.4, 0.5) is 0 Å². The fourth-order valence-corrected chi connectivity index (χ4v) is 3.29. The number of amides is 1. The van der Waals surface area contributed by atoms with Crippen LogP contribution in [0.15, 0.2) is 66.4 Å².